The number of aliphatic carboxylic acids is 1. The molecule has 0 bridgehead atoms. The first-order valence-corrected chi connectivity index (χ1v) is 16.1. The van der Waals surface area contributed by atoms with Gasteiger partial charge >= 0.3 is 5.97 Å². The van der Waals surface area contributed by atoms with E-state index in [0.717, 1.165) is 30.5 Å². The van der Waals surface area contributed by atoms with Gasteiger partial charge in [0.15, 0.2) is 0 Å². The molecule has 1 aromatic carbocycles. The maximum absolute atomic E-state index is 13.8. The second-order valence-corrected chi connectivity index (χ2v) is 13.1. The summed E-state index contributed by atoms with van der Waals surface area (Å²) in [5.74, 6) is -1.78. The molecule has 2 N–H and O–H groups in total. The summed E-state index contributed by atoms with van der Waals surface area (Å²) in [7, 11) is 3.37. The first kappa shape index (κ1) is 31.5. The van der Waals surface area contributed by atoms with Crippen molar-refractivity contribution in [2.24, 2.45) is 17.8 Å². The van der Waals surface area contributed by atoms with Gasteiger partial charge < -0.3 is 24.8 Å². The van der Waals surface area contributed by atoms with Crippen molar-refractivity contribution >= 4 is 28.7 Å². The summed E-state index contributed by atoms with van der Waals surface area (Å²) in [4.78, 5) is 51.2. The Morgan fingerprint density at radius 2 is 1.91 bits per heavy atom. The largest absolute Gasteiger partial charge is 0.496 e. The van der Waals surface area contributed by atoms with Crippen LogP contribution in [0.4, 0.5) is 0 Å². The van der Waals surface area contributed by atoms with Gasteiger partial charge in [-0.1, -0.05) is 26.0 Å². The molecule has 5 atom stereocenters. The molecule has 1 aliphatic heterocycles. The summed E-state index contributed by atoms with van der Waals surface area (Å²) in [5, 5.41) is 18.2. The second-order valence-electron chi connectivity index (χ2n) is 13.1. The minimum absolute atomic E-state index is 0.137. The lowest BCUT2D eigenvalue weighted by atomic mass is 9.93. The van der Waals surface area contributed by atoms with Crippen LogP contribution in [0.15, 0.2) is 36.5 Å². The Hall–Kier alpha value is -4.48. The second kappa shape index (κ2) is 12.4. The Labute approximate surface area is 268 Å². The highest BCUT2D eigenvalue weighted by Gasteiger charge is 2.61. The Balaban J connectivity index is 1.35. The van der Waals surface area contributed by atoms with Gasteiger partial charge in [-0.2, -0.15) is 10.1 Å². The highest BCUT2D eigenvalue weighted by atomic mass is 16.5. The molecular formula is C34H42N6O6. The van der Waals surface area contributed by atoms with E-state index >= 15 is 0 Å². The van der Waals surface area contributed by atoms with Gasteiger partial charge in [-0.15, -0.1) is 0 Å². The van der Waals surface area contributed by atoms with Crippen molar-refractivity contribution in [3.05, 3.63) is 47.8 Å². The lowest BCUT2D eigenvalue weighted by molar-refractivity contribution is -0.145. The van der Waals surface area contributed by atoms with E-state index in [9.17, 15) is 19.5 Å². The normalized spacial score (nSPS) is 26.8. The van der Waals surface area contributed by atoms with E-state index in [4.69, 9.17) is 19.4 Å². The molecule has 2 aliphatic carbocycles. The number of nitrogens with zero attached hydrogens (tertiary/aromatic N) is 5. The highest BCUT2D eigenvalue weighted by molar-refractivity contribution is 5.94. The van der Waals surface area contributed by atoms with Crippen molar-refractivity contribution in [3.63, 3.8) is 0 Å². The van der Waals surface area contributed by atoms with Gasteiger partial charge in [0.25, 0.3) is 5.95 Å². The molecular weight excluding hydrogens is 588 g/mol. The minimum Gasteiger partial charge on any atom is -0.496 e. The Kier molecular flexibility index (Phi) is 8.47. The van der Waals surface area contributed by atoms with E-state index in [1.54, 1.807) is 23.7 Å². The number of nitrogens with one attached hydrogen (secondary N) is 1. The minimum atomic E-state index is -1.34. The average molecular weight is 631 g/mol. The summed E-state index contributed by atoms with van der Waals surface area (Å²) in [5.41, 5.74) is 1.00. The van der Waals surface area contributed by atoms with Gasteiger partial charge in [0.2, 0.25) is 17.7 Å². The Bertz CT molecular complexity index is 1700. The molecule has 5 unspecified atom stereocenters. The van der Waals surface area contributed by atoms with E-state index in [2.05, 4.69) is 24.3 Å². The number of aryl methyl sites for hydroxylation is 1. The van der Waals surface area contributed by atoms with E-state index in [0.29, 0.717) is 47.9 Å². The maximum Gasteiger partial charge on any atom is 0.330 e. The number of methoxy groups -OCH3 is 1. The first-order chi connectivity index (χ1) is 22.0. The van der Waals surface area contributed by atoms with Crippen molar-refractivity contribution in [1.29, 1.82) is 0 Å². The summed E-state index contributed by atoms with van der Waals surface area (Å²) < 4.78 is 13.8. The molecule has 2 saturated carbocycles. The molecule has 6 rings (SSSR count). The number of hydrogen-bond acceptors (Lipinski definition) is 8. The number of carboxylic acid groups (broad SMARTS) is 1. The predicted molar refractivity (Wildman–Crippen MR) is 170 cm³/mol. The molecule has 2 aromatic heterocycles. The van der Waals surface area contributed by atoms with Crippen LogP contribution in [-0.2, 0) is 14.4 Å². The van der Waals surface area contributed by atoms with Crippen LogP contribution in [0.25, 0.3) is 16.9 Å². The summed E-state index contributed by atoms with van der Waals surface area (Å²) in [6.07, 6.45) is 8.54. The van der Waals surface area contributed by atoms with Crippen molar-refractivity contribution in [1.82, 2.24) is 30.0 Å². The van der Waals surface area contributed by atoms with E-state index in [1.807, 2.05) is 43.5 Å². The molecule has 12 heteroatoms. The van der Waals surface area contributed by atoms with Crippen LogP contribution in [-0.4, -0.2) is 79.9 Å². The quantitative estimate of drug-likeness (QED) is 0.383. The fourth-order valence-corrected chi connectivity index (χ4v) is 6.79. The van der Waals surface area contributed by atoms with Gasteiger partial charge in [-0.25, -0.2) is 14.5 Å². The van der Waals surface area contributed by atoms with E-state index in [-0.39, 0.29) is 24.2 Å². The van der Waals surface area contributed by atoms with Crippen molar-refractivity contribution in [2.45, 2.75) is 76.9 Å². The average Bonchev–Trinajstić information content (AvgIpc) is 3.33. The van der Waals surface area contributed by atoms with Crippen LogP contribution in [0.1, 0.15) is 69.5 Å². The first-order valence-electron chi connectivity index (χ1n) is 16.1. The zero-order chi connectivity index (χ0) is 32.7. The number of carbonyl (C=O) groups excluding carboxylic acids is 2. The summed E-state index contributed by atoms with van der Waals surface area (Å²) in [6, 6.07) is 5.61. The zero-order valence-electron chi connectivity index (χ0n) is 27.0. The number of ether oxygens (including phenoxy) is 2. The number of carbonyl (C=O) groups is 3. The number of rotatable bonds is 6. The van der Waals surface area contributed by atoms with E-state index < -0.39 is 35.4 Å². The fourth-order valence-electron chi connectivity index (χ4n) is 6.79. The van der Waals surface area contributed by atoms with Gasteiger partial charge in [-0.3, -0.25) is 9.59 Å². The number of benzene rings is 1. The highest BCUT2D eigenvalue weighted by Crippen LogP contribution is 2.46. The Morgan fingerprint density at radius 1 is 1.13 bits per heavy atom. The fraction of sp³-hybridized carbons (Fsp3) is 0.529. The lowest BCUT2D eigenvalue weighted by Gasteiger charge is -2.26. The molecule has 2 fully saturated rings. The Morgan fingerprint density at radius 3 is 2.63 bits per heavy atom. The molecule has 244 valence electrons. The number of carboxylic acids is 1. The number of fused-ring (bicyclic) bond motifs is 3. The number of aromatic nitrogens is 4. The molecule has 46 heavy (non-hydrogen) atoms. The van der Waals surface area contributed by atoms with Crippen LogP contribution in [0, 0.1) is 24.7 Å². The van der Waals surface area contributed by atoms with Crippen molar-refractivity contribution in [2.75, 3.05) is 20.7 Å². The van der Waals surface area contributed by atoms with Crippen LogP contribution in [0.3, 0.4) is 0 Å². The standard InChI is InChI=1S/C34H42N6O6/c1-19(2)26-13-15-40(38-26)33-35-28-20(3)27(45-5)12-11-23(28)30(36-33)46-22-16-24-25(17-22)31(42)39(4)14-9-7-6-8-10-21-18-34(21,32(43)44)37-29(24)41/h8,10-13,15,19,21-22,24-25H,6-7,9,14,16-18H2,1-5H3,(H,37,41)(H,43,44). The number of amides is 2. The predicted octanol–water partition coefficient (Wildman–Crippen LogP) is 4.19. The van der Waals surface area contributed by atoms with Crippen LogP contribution in [0.2, 0.25) is 0 Å². The smallest absolute Gasteiger partial charge is 0.330 e. The summed E-state index contributed by atoms with van der Waals surface area (Å²) >= 11 is 0. The topological polar surface area (TPSA) is 149 Å². The SMILES string of the molecule is COc1ccc2c(OC3CC4C(=O)NC5(C(=O)O)CC5C=CCCCCN(C)C(=O)C4C3)nc(-n3ccc(C(C)C)n3)nc2c1C. The third-order valence-corrected chi connectivity index (χ3v) is 9.70. The van der Waals surface area contributed by atoms with Gasteiger partial charge in [-0.05, 0) is 69.6 Å². The molecule has 0 spiro atoms. The molecule has 0 radical (unpaired) electrons. The molecule has 3 aromatic rings. The van der Waals surface area contributed by atoms with Gasteiger partial charge in [0, 0.05) is 31.3 Å². The van der Waals surface area contributed by atoms with Crippen molar-refractivity contribution in [3.8, 4) is 17.6 Å². The van der Waals surface area contributed by atoms with Gasteiger partial charge in [0.1, 0.15) is 17.4 Å². The van der Waals surface area contributed by atoms with Crippen molar-refractivity contribution < 1.29 is 29.0 Å². The maximum atomic E-state index is 13.8. The van der Waals surface area contributed by atoms with Gasteiger partial charge in [0.05, 0.1) is 35.5 Å². The van der Waals surface area contributed by atoms with Crippen LogP contribution >= 0.6 is 0 Å². The molecule has 0 saturated heterocycles. The molecule has 3 heterocycles. The number of hydrogen-bond donors (Lipinski definition) is 2. The van der Waals surface area contributed by atoms with Crippen LogP contribution in [0.5, 0.6) is 11.6 Å². The lowest BCUT2D eigenvalue weighted by Crippen LogP contribution is -2.49. The monoisotopic (exact) mass is 630 g/mol. The molecule has 3 aliphatic rings. The van der Waals surface area contributed by atoms with E-state index in [1.165, 1.54) is 0 Å². The summed E-state index contributed by atoms with van der Waals surface area (Å²) in [6.45, 7) is 6.62. The number of allylic oxidation sites excluding steroid dienone is 1. The third kappa shape index (κ3) is 5.80. The third-order valence-electron chi connectivity index (χ3n) is 9.70. The van der Waals surface area contributed by atoms with Crippen LogP contribution < -0.4 is 14.8 Å². The molecule has 12 nitrogen and oxygen atoms in total. The molecule has 2 amide bonds. The zero-order valence-corrected chi connectivity index (χ0v) is 27.0.